The maximum Gasteiger partial charge on any atom is 0.226 e. The largest absolute Gasteiger partial charge is 0.372 e. The zero-order chi connectivity index (χ0) is 23.1. The van der Waals surface area contributed by atoms with E-state index in [1.807, 2.05) is 37.5 Å². The van der Waals surface area contributed by atoms with Gasteiger partial charge in [-0.2, -0.15) is 9.97 Å². The minimum absolute atomic E-state index is 0.306. The van der Waals surface area contributed by atoms with E-state index in [0.29, 0.717) is 30.4 Å². The van der Waals surface area contributed by atoms with Gasteiger partial charge in [-0.25, -0.2) is 4.98 Å². The summed E-state index contributed by atoms with van der Waals surface area (Å²) in [6, 6.07) is 8.52. The van der Waals surface area contributed by atoms with Crippen molar-refractivity contribution >= 4 is 39.7 Å². The van der Waals surface area contributed by atoms with Crippen molar-refractivity contribution in [3.63, 3.8) is 0 Å². The summed E-state index contributed by atoms with van der Waals surface area (Å²) >= 11 is 0. The fourth-order valence-corrected chi connectivity index (χ4v) is 5.36. The summed E-state index contributed by atoms with van der Waals surface area (Å²) in [4.78, 5) is 36.2. The number of fused-ring (bicyclic) bond motifs is 2. The van der Waals surface area contributed by atoms with Gasteiger partial charge in [0.05, 0.1) is 22.1 Å². The molecule has 1 aliphatic heterocycles. The Labute approximate surface area is 197 Å². The Bertz CT molecular complexity index is 1360. The van der Waals surface area contributed by atoms with Crippen molar-refractivity contribution in [3.05, 3.63) is 36.7 Å². The number of H-pyrrole nitrogens is 1. The molecule has 0 spiro atoms. The van der Waals surface area contributed by atoms with Crippen molar-refractivity contribution in [2.24, 2.45) is 0 Å². The highest BCUT2D eigenvalue weighted by Gasteiger charge is 2.31. The second kappa shape index (κ2) is 8.55. The molecule has 1 saturated carbocycles. The van der Waals surface area contributed by atoms with E-state index < -0.39 is 0 Å². The molecule has 2 aliphatic rings. The lowest BCUT2D eigenvalue weighted by atomic mass is 9.90. The molecule has 0 radical (unpaired) electrons. The van der Waals surface area contributed by atoms with Crippen molar-refractivity contribution in [3.8, 4) is 11.3 Å². The second-order valence-corrected chi connectivity index (χ2v) is 9.15. The van der Waals surface area contributed by atoms with Crippen LogP contribution in [-0.2, 0) is 4.79 Å². The molecule has 3 N–H and O–H groups in total. The Hall–Kier alpha value is -3.75. The first-order chi connectivity index (χ1) is 16.7. The van der Waals surface area contributed by atoms with Gasteiger partial charge in [-0.15, -0.1) is 0 Å². The van der Waals surface area contributed by atoms with Crippen LogP contribution in [0.1, 0.15) is 38.5 Å². The number of carbonyl (C=O) groups is 1. The molecule has 174 valence electrons. The van der Waals surface area contributed by atoms with E-state index in [2.05, 4.69) is 25.5 Å². The molecule has 6 rings (SSSR count). The molecule has 4 aromatic rings. The first-order valence-electron chi connectivity index (χ1n) is 12.0. The van der Waals surface area contributed by atoms with Crippen LogP contribution in [0.5, 0.6) is 0 Å². The molecule has 0 atom stereocenters. The van der Waals surface area contributed by atoms with Crippen LogP contribution >= 0.6 is 0 Å². The van der Waals surface area contributed by atoms with Crippen molar-refractivity contribution in [1.29, 1.82) is 0 Å². The average Bonchev–Trinajstić information content (AvgIpc) is 3.50. The lowest BCUT2D eigenvalue weighted by molar-refractivity contribution is -0.130. The fourth-order valence-electron chi connectivity index (χ4n) is 5.36. The molecule has 0 unspecified atom stereocenters. The first kappa shape index (κ1) is 20.8. The molecule has 9 heteroatoms. The van der Waals surface area contributed by atoms with Crippen LogP contribution in [0.15, 0.2) is 36.7 Å². The maximum absolute atomic E-state index is 12.1. The lowest BCUT2D eigenvalue weighted by Crippen LogP contribution is -2.41. The topological polar surface area (TPSA) is 112 Å². The van der Waals surface area contributed by atoms with Crippen LogP contribution in [-0.4, -0.2) is 61.4 Å². The monoisotopic (exact) mass is 456 g/mol. The van der Waals surface area contributed by atoms with Crippen molar-refractivity contribution in [2.75, 3.05) is 24.2 Å². The quantitative estimate of drug-likeness (QED) is 0.417. The highest BCUT2D eigenvalue weighted by Crippen LogP contribution is 2.33. The predicted molar refractivity (Wildman–Crippen MR) is 133 cm³/mol. The van der Waals surface area contributed by atoms with Crippen molar-refractivity contribution < 1.29 is 4.79 Å². The van der Waals surface area contributed by atoms with Gasteiger partial charge in [-0.1, -0.05) is 0 Å². The number of amides is 1. The highest BCUT2D eigenvalue weighted by atomic mass is 16.2. The van der Waals surface area contributed by atoms with Gasteiger partial charge in [0.2, 0.25) is 11.9 Å². The molecule has 34 heavy (non-hydrogen) atoms. The average molecular weight is 457 g/mol. The summed E-state index contributed by atoms with van der Waals surface area (Å²) in [7, 11) is 1.87. The summed E-state index contributed by atoms with van der Waals surface area (Å²) in [6.45, 7) is 0.921. The number of hydrogen-bond donors (Lipinski definition) is 3. The summed E-state index contributed by atoms with van der Waals surface area (Å²) in [6.07, 6.45) is 9.50. The number of rotatable bonds is 5. The SMILES string of the molecule is CNc1nc(N[C@H]2CC[C@H](N3CCCC3=O)CC2)nc2[nH]cc(-c3ccc4ncccc4n3)c12. The Morgan fingerprint density at radius 1 is 1.06 bits per heavy atom. The summed E-state index contributed by atoms with van der Waals surface area (Å²) in [5.41, 5.74) is 4.29. The third kappa shape index (κ3) is 3.70. The molecule has 0 bridgehead atoms. The van der Waals surface area contributed by atoms with Crippen LogP contribution in [0.2, 0.25) is 0 Å². The van der Waals surface area contributed by atoms with Gasteiger partial charge < -0.3 is 20.5 Å². The van der Waals surface area contributed by atoms with Gasteiger partial charge in [-0.3, -0.25) is 9.78 Å². The van der Waals surface area contributed by atoms with E-state index in [1.54, 1.807) is 6.20 Å². The summed E-state index contributed by atoms with van der Waals surface area (Å²) in [5.74, 6) is 1.69. The molecule has 1 saturated heterocycles. The molecule has 4 aromatic heterocycles. The number of carbonyl (C=O) groups excluding carboxylic acids is 1. The number of hydrogen-bond acceptors (Lipinski definition) is 7. The van der Waals surface area contributed by atoms with E-state index in [1.165, 1.54) is 0 Å². The third-order valence-electron chi connectivity index (χ3n) is 7.08. The lowest BCUT2D eigenvalue weighted by Gasteiger charge is -2.34. The Morgan fingerprint density at radius 2 is 1.94 bits per heavy atom. The van der Waals surface area contributed by atoms with Crippen LogP contribution in [0.25, 0.3) is 33.3 Å². The molecule has 2 fully saturated rings. The second-order valence-electron chi connectivity index (χ2n) is 9.15. The Kier molecular flexibility index (Phi) is 5.24. The molecule has 9 nitrogen and oxygen atoms in total. The van der Waals surface area contributed by atoms with Crippen molar-refractivity contribution in [2.45, 2.75) is 50.6 Å². The first-order valence-corrected chi connectivity index (χ1v) is 12.0. The Balaban J connectivity index is 1.23. The molecule has 1 aliphatic carbocycles. The minimum Gasteiger partial charge on any atom is -0.372 e. The minimum atomic E-state index is 0.306. The smallest absolute Gasteiger partial charge is 0.226 e. The van der Waals surface area contributed by atoms with Gasteiger partial charge >= 0.3 is 0 Å². The molecular formula is C25H28N8O. The number of likely N-dealkylation sites (tertiary alicyclic amines) is 1. The van der Waals surface area contributed by atoms with Crippen molar-refractivity contribution in [1.82, 2.24) is 29.8 Å². The molecule has 1 amide bonds. The summed E-state index contributed by atoms with van der Waals surface area (Å²) in [5, 5.41) is 7.69. The number of aromatic amines is 1. The number of nitrogens with zero attached hydrogens (tertiary/aromatic N) is 5. The number of anilines is 2. The molecule has 5 heterocycles. The van der Waals surface area contributed by atoms with Gasteiger partial charge in [0.25, 0.3) is 0 Å². The van der Waals surface area contributed by atoms with Gasteiger partial charge in [0.1, 0.15) is 11.5 Å². The van der Waals surface area contributed by atoms with Crippen LogP contribution in [0, 0.1) is 0 Å². The molecular weight excluding hydrogens is 428 g/mol. The van der Waals surface area contributed by atoms with Gasteiger partial charge in [0, 0.05) is 50.1 Å². The normalized spacial score (nSPS) is 20.9. The van der Waals surface area contributed by atoms with Gasteiger partial charge in [0.15, 0.2) is 0 Å². The van der Waals surface area contributed by atoms with E-state index in [0.717, 1.165) is 77.8 Å². The van der Waals surface area contributed by atoms with E-state index in [9.17, 15) is 4.79 Å². The van der Waals surface area contributed by atoms with Crippen LogP contribution < -0.4 is 10.6 Å². The van der Waals surface area contributed by atoms with Gasteiger partial charge in [-0.05, 0) is 56.4 Å². The summed E-state index contributed by atoms with van der Waals surface area (Å²) < 4.78 is 0. The fraction of sp³-hybridized carbons (Fsp3) is 0.400. The number of aromatic nitrogens is 5. The zero-order valence-corrected chi connectivity index (χ0v) is 19.2. The number of nitrogens with one attached hydrogen (secondary N) is 3. The molecule has 0 aromatic carbocycles. The standard InChI is InChI=1S/C25H28N8O/c1-26-23-22-17(18-10-11-19-20(30-18)4-2-12-27-19)14-28-24(22)32-25(31-23)29-15-6-8-16(9-7-15)33-13-3-5-21(33)34/h2,4,10-12,14-16H,3,5-9,13H2,1H3,(H3,26,28,29,31,32)/t15-,16-. The third-order valence-corrected chi connectivity index (χ3v) is 7.08. The van der Waals surface area contributed by atoms with E-state index >= 15 is 0 Å². The predicted octanol–water partition coefficient (Wildman–Crippen LogP) is 3.96. The van der Waals surface area contributed by atoms with Crippen LogP contribution in [0.4, 0.5) is 11.8 Å². The van der Waals surface area contributed by atoms with E-state index in [4.69, 9.17) is 15.0 Å². The highest BCUT2D eigenvalue weighted by molar-refractivity contribution is 6.01. The zero-order valence-electron chi connectivity index (χ0n) is 19.2. The van der Waals surface area contributed by atoms with E-state index in [-0.39, 0.29) is 0 Å². The maximum atomic E-state index is 12.1. The Morgan fingerprint density at radius 3 is 2.74 bits per heavy atom. The van der Waals surface area contributed by atoms with Crippen LogP contribution in [0.3, 0.4) is 0 Å². The number of pyridine rings is 2.